The highest BCUT2D eigenvalue weighted by Gasteiger charge is 2.16. The molecular weight excluding hydrogens is 278 g/mol. The molecule has 0 spiro atoms. The molecule has 7 heteroatoms. The van der Waals surface area contributed by atoms with E-state index in [1.807, 2.05) is 0 Å². The predicted molar refractivity (Wildman–Crippen MR) is 76.7 cm³/mol. The molecule has 1 saturated heterocycles. The Kier molecular flexibility index (Phi) is 8.96. The lowest BCUT2D eigenvalue weighted by molar-refractivity contribution is -0.151. The molecule has 1 heterocycles. The Morgan fingerprint density at radius 1 is 1.43 bits per heavy atom. The van der Waals surface area contributed by atoms with E-state index in [9.17, 15) is 14.7 Å². The predicted octanol–water partition coefficient (Wildman–Crippen LogP) is 1.36. The molecule has 21 heavy (non-hydrogen) atoms. The van der Waals surface area contributed by atoms with Crippen molar-refractivity contribution in [2.45, 2.75) is 64.8 Å². The van der Waals surface area contributed by atoms with Crippen molar-refractivity contribution in [2.24, 2.45) is 5.73 Å². The second-order valence-corrected chi connectivity index (χ2v) is 5.90. The summed E-state index contributed by atoms with van der Waals surface area (Å²) in [5.41, 5.74) is 4.26. The van der Waals surface area contributed by atoms with E-state index in [0.29, 0.717) is 32.5 Å². The van der Waals surface area contributed by atoms with Crippen LogP contribution in [-0.2, 0) is 19.0 Å². The molecule has 1 aliphatic heterocycles. The molecule has 1 fully saturated rings. The Morgan fingerprint density at radius 3 is 2.52 bits per heavy atom. The number of nitrogens with two attached hydrogens (primary N) is 1. The summed E-state index contributed by atoms with van der Waals surface area (Å²) >= 11 is 0. The molecule has 2 atom stereocenters. The van der Waals surface area contributed by atoms with Crippen LogP contribution in [0.15, 0.2) is 0 Å². The molecule has 1 amide bonds. The lowest BCUT2D eigenvalue weighted by atomic mass is 10.2. The molecule has 2 unspecified atom stereocenters. The third-order valence-corrected chi connectivity index (χ3v) is 2.32. The van der Waals surface area contributed by atoms with E-state index in [1.165, 1.54) is 0 Å². The van der Waals surface area contributed by atoms with Gasteiger partial charge < -0.3 is 25.1 Å². The zero-order valence-electron chi connectivity index (χ0n) is 13.3. The number of aliphatic hydroxyl groups is 1. The summed E-state index contributed by atoms with van der Waals surface area (Å²) < 4.78 is 14.8. The number of esters is 1. The molecule has 7 nitrogen and oxygen atoms in total. The minimum Gasteiger partial charge on any atom is -0.463 e. The molecule has 0 radical (unpaired) electrons. The maximum atomic E-state index is 11.1. The fourth-order valence-corrected chi connectivity index (χ4v) is 1.62. The molecule has 124 valence electrons. The number of primary amides is 1. The zero-order valence-corrected chi connectivity index (χ0v) is 13.3. The number of amides is 1. The lowest BCUT2D eigenvalue weighted by Crippen LogP contribution is -2.27. The minimum atomic E-state index is -0.725. The van der Waals surface area contributed by atoms with Crippen molar-refractivity contribution in [1.82, 2.24) is 0 Å². The van der Waals surface area contributed by atoms with Crippen LogP contribution in [0.2, 0.25) is 0 Å². The third kappa shape index (κ3) is 13.4. The van der Waals surface area contributed by atoms with Gasteiger partial charge in [0.2, 0.25) is 0 Å². The molecule has 0 aliphatic carbocycles. The third-order valence-electron chi connectivity index (χ3n) is 2.32. The maximum Gasteiger partial charge on any atom is 0.405 e. The van der Waals surface area contributed by atoms with Crippen LogP contribution < -0.4 is 5.73 Å². The van der Waals surface area contributed by atoms with E-state index in [2.05, 4.69) is 4.74 Å². The zero-order chi connectivity index (χ0) is 16.5. The van der Waals surface area contributed by atoms with Gasteiger partial charge in [0.1, 0.15) is 11.7 Å². The topological polar surface area (TPSA) is 108 Å². The highest BCUT2D eigenvalue weighted by atomic mass is 16.6. The number of aliphatic hydroxyl groups excluding tert-OH is 1. The average Bonchev–Trinajstić information content (AvgIpc) is 2.24. The minimum absolute atomic E-state index is 0.204. The summed E-state index contributed by atoms with van der Waals surface area (Å²) in [6, 6.07) is 0. The van der Waals surface area contributed by atoms with Gasteiger partial charge in [-0.3, -0.25) is 4.79 Å². The van der Waals surface area contributed by atoms with E-state index in [1.54, 1.807) is 27.7 Å². The summed E-state index contributed by atoms with van der Waals surface area (Å²) in [4.78, 5) is 21.1. The van der Waals surface area contributed by atoms with Crippen LogP contribution in [-0.4, -0.2) is 48.2 Å². The molecular formula is C14H27NO6. The van der Waals surface area contributed by atoms with Crippen molar-refractivity contribution in [3.05, 3.63) is 0 Å². The normalized spacial score (nSPS) is 24.1. The maximum absolute atomic E-state index is 11.1. The highest BCUT2D eigenvalue weighted by Crippen LogP contribution is 2.08. The van der Waals surface area contributed by atoms with Gasteiger partial charge in [0.15, 0.2) is 0 Å². The molecule has 3 N–H and O–H groups in total. The van der Waals surface area contributed by atoms with Crippen LogP contribution in [0.5, 0.6) is 0 Å². The van der Waals surface area contributed by atoms with E-state index in [0.717, 1.165) is 0 Å². The van der Waals surface area contributed by atoms with Gasteiger partial charge in [0.25, 0.3) is 0 Å². The van der Waals surface area contributed by atoms with Crippen LogP contribution in [0.3, 0.4) is 0 Å². The first-order chi connectivity index (χ1) is 9.60. The summed E-state index contributed by atoms with van der Waals surface area (Å²) in [5.74, 6) is -0.204. The van der Waals surface area contributed by atoms with Crippen LogP contribution in [0.25, 0.3) is 0 Å². The van der Waals surface area contributed by atoms with Crippen LogP contribution in [0.4, 0.5) is 4.79 Å². The molecule has 0 bridgehead atoms. The van der Waals surface area contributed by atoms with Crippen molar-refractivity contribution in [3.8, 4) is 0 Å². The summed E-state index contributed by atoms with van der Waals surface area (Å²) in [6.45, 7) is 7.92. The van der Waals surface area contributed by atoms with Gasteiger partial charge in [-0.2, -0.15) is 0 Å². The van der Waals surface area contributed by atoms with E-state index in [-0.39, 0.29) is 12.1 Å². The number of hydrogen-bond donors (Lipinski definition) is 2. The number of hydrogen-bond acceptors (Lipinski definition) is 6. The van der Waals surface area contributed by atoms with Crippen molar-refractivity contribution >= 4 is 12.1 Å². The van der Waals surface area contributed by atoms with Gasteiger partial charge in [0.05, 0.1) is 12.7 Å². The lowest BCUT2D eigenvalue weighted by Gasteiger charge is -2.19. The van der Waals surface area contributed by atoms with Gasteiger partial charge in [-0.15, -0.1) is 0 Å². The van der Waals surface area contributed by atoms with Crippen molar-refractivity contribution < 1.29 is 28.9 Å². The fourth-order valence-electron chi connectivity index (χ4n) is 1.62. The molecule has 0 aromatic heterocycles. The second-order valence-electron chi connectivity index (χ2n) is 5.90. The van der Waals surface area contributed by atoms with Gasteiger partial charge in [-0.1, -0.05) is 0 Å². The van der Waals surface area contributed by atoms with Gasteiger partial charge >= 0.3 is 12.1 Å². The Morgan fingerprint density at radius 2 is 2.05 bits per heavy atom. The number of carbonyl (C=O) groups is 2. The Balaban J connectivity index is 0.000000433. The molecule has 1 aliphatic rings. The second kappa shape index (κ2) is 9.57. The van der Waals surface area contributed by atoms with Crippen molar-refractivity contribution in [2.75, 3.05) is 13.2 Å². The largest absolute Gasteiger partial charge is 0.463 e. The molecule has 0 aromatic rings. The van der Waals surface area contributed by atoms with E-state index >= 15 is 0 Å². The number of carbonyl (C=O) groups excluding carboxylic acids is 2. The monoisotopic (exact) mass is 305 g/mol. The van der Waals surface area contributed by atoms with Crippen LogP contribution in [0.1, 0.15) is 47.0 Å². The summed E-state index contributed by atoms with van der Waals surface area (Å²) in [5, 5.41) is 9.37. The average molecular weight is 305 g/mol. The van der Waals surface area contributed by atoms with Crippen LogP contribution in [0, 0.1) is 0 Å². The molecule has 0 aromatic carbocycles. The Bertz CT molecular complexity index is 326. The van der Waals surface area contributed by atoms with E-state index < -0.39 is 17.8 Å². The quantitative estimate of drug-likeness (QED) is 0.654. The molecule has 1 rings (SSSR count). The van der Waals surface area contributed by atoms with Gasteiger partial charge in [-0.25, -0.2) is 4.79 Å². The number of cyclic esters (lactones) is 1. The first-order valence-corrected chi connectivity index (χ1v) is 7.04. The van der Waals surface area contributed by atoms with Gasteiger partial charge in [0, 0.05) is 19.4 Å². The van der Waals surface area contributed by atoms with Crippen molar-refractivity contribution in [3.63, 3.8) is 0 Å². The van der Waals surface area contributed by atoms with Crippen molar-refractivity contribution in [1.29, 1.82) is 0 Å². The number of rotatable bonds is 0. The molecule has 0 saturated carbocycles. The SMILES string of the molecule is CC(C)(C)OC(N)=O.CC1CC(O)COCCCC(=O)O1. The van der Waals surface area contributed by atoms with Crippen LogP contribution >= 0.6 is 0 Å². The standard InChI is InChI=1S/C9H16O4.C5H11NO2/c1-7-5-8(10)6-12-4-2-3-9(11)13-7;1-5(2,3)8-4(6)7/h7-8,10H,2-6H2,1H3;1-3H3,(H2,6,7). The highest BCUT2D eigenvalue weighted by molar-refractivity contribution is 5.69. The summed E-state index contributed by atoms with van der Waals surface area (Å²) in [6.07, 6.45) is 0.0485. The first-order valence-electron chi connectivity index (χ1n) is 7.04. The fraction of sp³-hybridized carbons (Fsp3) is 0.857. The van der Waals surface area contributed by atoms with E-state index in [4.69, 9.17) is 15.2 Å². The smallest absolute Gasteiger partial charge is 0.405 e. The van der Waals surface area contributed by atoms with Gasteiger partial charge in [-0.05, 0) is 34.1 Å². The first kappa shape index (κ1) is 19.7. The Hall–Kier alpha value is -1.34. The summed E-state index contributed by atoms with van der Waals surface area (Å²) in [7, 11) is 0. The Labute approximate surface area is 125 Å². The number of ether oxygens (including phenoxy) is 3.